The normalized spacial score (nSPS) is 17.8. The number of benzene rings is 2. The highest BCUT2D eigenvalue weighted by atomic mass is 16.5. The first kappa shape index (κ1) is 10.2. The van der Waals surface area contributed by atoms with Crippen molar-refractivity contribution in [3.05, 3.63) is 48.5 Å². The summed E-state index contributed by atoms with van der Waals surface area (Å²) >= 11 is 0. The molecule has 2 nitrogen and oxygen atoms in total. The lowest BCUT2D eigenvalue weighted by atomic mass is 10.0. The maximum Gasteiger partial charge on any atom is 0.130 e. The Balaban J connectivity index is 2.20. The molecule has 0 amide bonds. The molecule has 2 heteroatoms. The molecule has 0 aromatic heterocycles. The lowest BCUT2D eigenvalue weighted by Gasteiger charge is -2.22. The van der Waals surface area contributed by atoms with E-state index >= 15 is 0 Å². The summed E-state index contributed by atoms with van der Waals surface area (Å²) in [5, 5.41) is 0. The summed E-state index contributed by atoms with van der Waals surface area (Å²) in [6.07, 6.45) is 0.0258. The lowest BCUT2D eigenvalue weighted by molar-refractivity contribution is 0.141. The standard InChI is InChI=1S/C15H12O2/c1-11-10-16-14-8-4-2-6-12(14)13-7-3-5-9-15(13)17-11/h2-5,8-9,11H,10H2,1H3/t11-/m0/s1. The zero-order chi connectivity index (χ0) is 11.7. The number of ether oxygens (including phenoxy) is 2. The molecule has 0 aliphatic carbocycles. The molecule has 84 valence electrons. The van der Waals surface area contributed by atoms with Gasteiger partial charge in [-0.1, -0.05) is 24.3 Å². The van der Waals surface area contributed by atoms with Gasteiger partial charge in [0.25, 0.3) is 0 Å². The third-order valence-corrected chi connectivity index (χ3v) is 2.69. The van der Waals surface area contributed by atoms with Gasteiger partial charge in [0, 0.05) is 11.1 Å². The van der Waals surface area contributed by atoms with Crippen molar-refractivity contribution in [2.24, 2.45) is 0 Å². The van der Waals surface area contributed by atoms with Crippen LogP contribution in [0, 0.1) is 12.1 Å². The van der Waals surface area contributed by atoms with Gasteiger partial charge in [0.15, 0.2) is 0 Å². The topological polar surface area (TPSA) is 18.5 Å². The minimum atomic E-state index is 0.0258. The van der Waals surface area contributed by atoms with E-state index in [1.807, 2.05) is 43.3 Å². The van der Waals surface area contributed by atoms with Gasteiger partial charge < -0.3 is 9.47 Å². The number of hydrogen-bond donors (Lipinski definition) is 0. The smallest absolute Gasteiger partial charge is 0.130 e. The van der Waals surface area contributed by atoms with Gasteiger partial charge in [0.05, 0.1) is 0 Å². The van der Waals surface area contributed by atoms with E-state index in [-0.39, 0.29) is 6.10 Å². The van der Waals surface area contributed by atoms with Gasteiger partial charge in [-0.3, -0.25) is 0 Å². The van der Waals surface area contributed by atoms with E-state index in [2.05, 4.69) is 12.1 Å². The van der Waals surface area contributed by atoms with Gasteiger partial charge >= 0.3 is 0 Å². The number of hydrogen-bond acceptors (Lipinski definition) is 2. The van der Waals surface area contributed by atoms with Crippen LogP contribution in [0.4, 0.5) is 0 Å². The van der Waals surface area contributed by atoms with E-state index in [4.69, 9.17) is 9.47 Å². The molecule has 17 heavy (non-hydrogen) atoms. The summed E-state index contributed by atoms with van der Waals surface area (Å²) in [5.74, 6) is 1.68. The highest BCUT2D eigenvalue weighted by Crippen LogP contribution is 2.37. The highest BCUT2D eigenvalue weighted by Gasteiger charge is 2.17. The summed E-state index contributed by atoms with van der Waals surface area (Å²) in [6, 6.07) is 17.9. The van der Waals surface area contributed by atoms with E-state index in [1.165, 1.54) is 0 Å². The molecule has 2 radical (unpaired) electrons. The van der Waals surface area contributed by atoms with Gasteiger partial charge in [-0.15, -0.1) is 0 Å². The van der Waals surface area contributed by atoms with E-state index in [0.717, 1.165) is 22.6 Å². The van der Waals surface area contributed by atoms with Crippen LogP contribution >= 0.6 is 0 Å². The van der Waals surface area contributed by atoms with Gasteiger partial charge in [-0.05, 0) is 31.2 Å². The number of rotatable bonds is 0. The first-order valence-corrected chi connectivity index (χ1v) is 5.66. The summed E-state index contributed by atoms with van der Waals surface area (Å²) in [6.45, 7) is 2.54. The van der Waals surface area contributed by atoms with Crippen LogP contribution in [0.5, 0.6) is 11.5 Å². The molecule has 0 spiro atoms. The van der Waals surface area contributed by atoms with Crippen molar-refractivity contribution < 1.29 is 9.47 Å². The molecule has 0 bridgehead atoms. The molecule has 1 heterocycles. The lowest BCUT2D eigenvalue weighted by Crippen LogP contribution is -2.23. The third kappa shape index (κ3) is 1.86. The van der Waals surface area contributed by atoms with Gasteiger partial charge in [0.2, 0.25) is 0 Å². The average molecular weight is 224 g/mol. The molecule has 2 aromatic rings. The predicted molar refractivity (Wildman–Crippen MR) is 65.1 cm³/mol. The fourth-order valence-electron chi connectivity index (χ4n) is 1.91. The Kier molecular flexibility index (Phi) is 2.48. The maximum atomic E-state index is 5.82. The quantitative estimate of drug-likeness (QED) is 0.684. The third-order valence-electron chi connectivity index (χ3n) is 2.69. The van der Waals surface area contributed by atoms with E-state index in [9.17, 15) is 0 Å². The van der Waals surface area contributed by atoms with Gasteiger partial charge in [-0.2, -0.15) is 0 Å². The summed E-state index contributed by atoms with van der Waals surface area (Å²) in [4.78, 5) is 0. The summed E-state index contributed by atoms with van der Waals surface area (Å²) in [5.41, 5.74) is 1.82. The zero-order valence-electron chi connectivity index (χ0n) is 9.57. The van der Waals surface area contributed by atoms with Crippen LogP contribution in [-0.2, 0) is 0 Å². The maximum absolute atomic E-state index is 5.82. The fraction of sp³-hybridized carbons (Fsp3) is 0.200. The van der Waals surface area contributed by atoms with Crippen molar-refractivity contribution in [3.8, 4) is 22.6 Å². The van der Waals surface area contributed by atoms with Crippen LogP contribution in [0.2, 0.25) is 0 Å². The van der Waals surface area contributed by atoms with Crippen molar-refractivity contribution in [1.82, 2.24) is 0 Å². The highest BCUT2D eigenvalue weighted by molar-refractivity contribution is 5.74. The van der Waals surface area contributed by atoms with Crippen molar-refractivity contribution >= 4 is 0 Å². The first-order chi connectivity index (χ1) is 8.34. The van der Waals surface area contributed by atoms with E-state index < -0.39 is 0 Å². The van der Waals surface area contributed by atoms with Crippen LogP contribution < -0.4 is 9.47 Å². The Morgan fingerprint density at radius 2 is 1.71 bits per heavy atom. The van der Waals surface area contributed by atoms with Crippen LogP contribution in [0.1, 0.15) is 6.92 Å². The summed E-state index contributed by atoms with van der Waals surface area (Å²) < 4.78 is 11.5. The van der Waals surface area contributed by atoms with Crippen molar-refractivity contribution in [3.63, 3.8) is 0 Å². The minimum absolute atomic E-state index is 0.0258. The molecule has 1 atom stereocenters. The second-order valence-corrected chi connectivity index (χ2v) is 4.06. The Morgan fingerprint density at radius 1 is 1.06 bits per heavy atom. The molecule has 1 aliphatic heterocycles. The molecule has 2 aromatic carbocycles. The summed E-state index contributed by atoms with van der Waals surface area (Å²) in [7, 11) is 0. The second kappa shape index (κ2) is 4.13. The van der Waals surface area contributed by atoms with Crippen molar-refractivity contribution in [1.29, 1.82) is 0 Å². The zero-order valence-corrected chi connectivity index (χ0v) is 9.57. The molecular weight excluding hydrogens is 212 g/mol. The van der Waals surface area contributed by atoms with E-state index in [0.29, 0.717) is 6.61 Å². The van der Waals surface area contributed by atoms with Crippen LogP contribution in [0.15, 0.2) is 36.4 Å². The van der Waals surface area contributed by atoms with Crippen molar-refractivity contribution in [2.75, 3.05) is 6.61 Å². The minimum Gasteiger partial charge on any atom is -0.489 e. The molecule has 0 N–H and O–H groups in total. The molecule has 3 rings (SSSR count). The average Bonchev–Trinajstić information content (AvgIpc) is 2.36. The number of fused-ring (bicyclic) bond motifs is 3. The SMILES string of the molecule is C[C@H]1COc2ccc[c]c2-c2[c]cccc2O1. The van der Waals surface area contributed by atoms with Crippen LogP contribution in [0.3, 0.4) is 0 Å². The van der Waals surface area contributed by atoms with Gasteiger partial charge in [-0.25, -0.2) is 0 Å². The Hall–Kier alpha value is -1.96. The molecule has 0 saturated carbocycles. The van der Waals surface area contributed by atoms with E-state index in [1.54, 1.807) is 0 Å². The molecule has 0 fully saturated rings. The van der Waals surface area contributed by atoms with Gasteiger partial charge in [0.1, 0.15) is 24.2 Å². The Labute approximate surface area is 101 Å². The largest absolute Gasteiger partial charge is 0.489 e. The van der Waals surface area contributed by atoms with Crippen molar-refractivity contribution in [2.45, 2.75) is 13.0 Å². The van der Waals surface area contributed by atoms with Crippen LogP contribution in [-0.4, -0.2) is 12.7 Å². The molecule has 1 aliphatic rings. The Morgan fingerprint density at radius 3 is 2.47 bits per heavy atom. The first-order valence-electron chi connectivity index (χ1n) is 5.66. The van der Waals surface area contributed by atoms with Crippen LogP contribution in [0.25, 0.3) is 11.1 Å². The Bertz CT molecular complexity index is 534. The monoisotopic (exact) mass is 224 g/mol. The fourth-order valence-corrected chi connectivity index (χ4v) is 1.91. The molecule has 0 saturated heterocycles. The molecular formula is C15H12O2. The molecule has 0 unspecified atom stereocenters. The predicted octanol–water partition coefficient (Wildman–Crippen LogP) is 3.11. The second-order valence-electron chi connectivity index (χ2n) is 4.06.